The van der Waals surface area contributed by atoms with Crippen molar-refractivity contribution in [3.05, 3.63) is 42.7 Å². The molecule has 3 rings (SSSR count). The van der Waals surface area contributed by atoms with Crippen molar-refractivity contribution in [2.75, 3.05) is 19.7 Å². The summed E-state index contributed by atoms with van der Waals surface area (Å²) in [5, 5.41) is 7.46. The first-order valence-electron chi connectivity index (χ1n) is 8.19. The molecule has 1 aliphatic rings. The van der Waals surface area contributed by atoms with Crippen molar-refractivity contribution in [1.82, 2.24) is 19.7 Å². The molecule has 1 aromatic heterocycles. The van der Waals surface area contributed by atoms with Crippen molar-refractivity contribution in [3.8, 4) is 5.75 Å². The van der Waals surface area contributed by atoms with Crippen molar-refractivity contribution in [1.29, 1.82) is 0 Å². The number of ether oxygens (including phenoxy) is 1. The van der Waals surface area contributed by atoms with Gasteiger partial charge in [-0.25, -0.2) is 4.39 Å². The first-order chi connectivity index (χ1) is 11.7. The Labute approximate surface area is 140 Å². The van der Waals surface area contributed by atoms with Crippen LogP contribution in [0.1, 0.15) is 19.3 Å². The maximum atomic E-state index is 12.9. The predicted octanol–water partition coefficient (Wildman–Crippen LogP) is 2.12. The molecule has 0 spiro atoms. The van der Waals surface area contributed by atoms with Crippen LogP contribution in [-0.4, -0.2) is 45.3 Å². The Balaban J connectivity index is 1.45. The molecular formula is C17H21FN4O2. The molecule has 0 aliphatic carbocycles. The second-order valence-electron chi connectivity index (χ2n) is 6.06. The van der Waals surface area contributed by atoms with Crippen molar-refractivity contribution >= 4 is 5.91 Å². The number of nitrogens with zero attached hydrogens (tertiary/aromatic N) is 4. The van der Waals surface area contributed by atoms with Crippen LogP contribution >= 0.6 is 0 Å². The van der Waals surface area contributed by atoms with Crippen molar-refractivity contribution in [2.45, 2.75) is 25.8 Å². The number of benzene rings is 1. The van der Waals surface area contributed by atoms with Gasteiger partial charge in [0.05, 0.1) is 6.61 Å². The number of hydrogen-bond donors (Lipinski definition) is 0. The molecule has 128 valence electrons. The maximum absolute atomic E-state index is 12.9. The second kappa shape index (κ2) is 7.90. The average Bonchev–Trinajstić information content (AvgIpc) is 3.13. The first kappa shape index (κ1) is 16.4. The van der Waals surface area contributed by atoms with Gasteiger partial charge in [0.15, 0.2) is 0 Å². The molecule has 1 fully saturated rings. The molecule has 0 unspecified atom stereocenters. The van der Waals surface area contributed by atoms with Gasteiger partial charge in [-0.3, -0.25) is 4.79 Å². The molecule has 2 heterocycles. The molecule has 0 radical (unpaired) electrons. The van der Waals surface area contributed by atoms with Gasteiger partial charge < -0.3 is 14.2 Å². The molecule has 1 atom stereocenters. The number of aromatic nitrogens is 3. The standard InChI is InChI=1S/C17H21FN4O2/c18-15-3-5-16(6-4-15)24-11-14-2-1-8-22(10-14)17(23)7-9-21-12-19-20-13-21/h3-6,12-14H,1-2,7-11H2/t14-/m0/s1. The third-order valence-corrected chi connectivity index (χ3v) is 4.22. The van der Waals surface area contributed by atoms with Crippen LogP contribution in [0.15, 0.2) is 36.9 Å². The average molecular weight is 332 g/mol. The minimum absolute atomic E-state index is 0.148. The summed E-state index contributed by atoms with van der Waals surface area (Å²) in [5.41, 5.74) is 0. The summed E-state index contributed by atoms with van der Waals surface area (Å²) >= 11 is 0. The molecule has 6 nitrogen and oxygen atoms in total. The molecule has 2 aromatic rings. The number of carbonyl (C=O) groups is 1. The van der Waals surface area contributed by atoms with Crippen LogP contribution in [0.4, 0.5) is 4.39 Å². The van der Waals surface area contributed by atoms with E-state index in [1.807, 2.05) is 4.90 Å². The van der Waals surface area contributed by atoms with Gasteiger partial charge in [0, 0.05) is 32.0 Å². The van der Waals surface area contributed by atoms with Gasteiger partial charge in [0.1, 0.15) is 24.2 Å². The molecule has 0 bridgehead atoms. The highest BCUT2D eigenvalue weighted by molar-refractivity contribution is 5.76. The number of rotatable bonds is 6. The zero-order chi connectivity index (χ0) is 16.8. The predicted molar refractivity (Wildman–Crippen MR) is 85.8 cm³/mol. The summed E-state index contributed by atoms with van der Waals surface area (Å²) in [4.78, 5) is 14.2. The molecule has 1 amide bonds. The van der Waals surface area contributed by atoms with E-state index in [2.05, 4.69) is 10.2 Å². The van der Waals surface area contributed by atoms with Gasteiger partial charge in [-0.1, -0.05) is 0 Å². The van der Waals surface area contributed by atoms with Gasteiger partial charge in [0.25, 0.3) is 0 Å². The van der Waals surface area contributed by atoms with E-state index >= 15 is 0 Å². The van der Waals surface area contributed by atoms with Gasteiger partial charge >= 0.3 is 0 Å². The van der Waals surface area contributed by atoms with E-state index in [0.29, 0.717) is 37.8 Å². The van der Waals surface area contributed by atoms with Gasteiger partial charge in [-0.05, 0) is 37.1 Å². The lowest BCUT2D eigenvalue weighted by Crippen LogP contribution is -2.41. The number of piperidine rings is 1. The van der Waals surface area contributed by atoms with Crippen LogP contribution in [0, 0.1) is 11.7 Å². The van der Waals surface area contributed by atoms with E-state index in [4.69, 9.17) is 4.74 Å². The Hall–Kier alpha value is -2.44. The van der Waals surface area contributed by atoms with E-state index < -0.39 is 0 Å². The zero-order valence-corrected chi connectivity index (χ0v) is 13.5. The second-order valence-corrected chi connectivity index (χ2v) is 6.06. The lowest BCUT2D eigenvalue weighted by molar-refractivity contribution is -0.133. The van der Waals surface area contributed by atoms with E-state index in [0.717, 1.165) is 19.4 Å². The normalized spacial score (nSPS) is 17.7. The molecule has 1 aliphatic heterocycles. The van der Waals surface area contributed by atoms with Crippen LogP contribution in [-0.2, 0) is 11.3 Å². The molecule has 24 heavy (non-hydrogen) atoms. The molecule has 1 aromatic carbocycles. The van der Waals surface area contributed by atoms with Crippen molar-refractivity contribution in [3.63, 3.8) is 0 Å². The third-order valence-electron chi connectivity index (χ3n) is 4.22. The Morgan fingerprint density at radius 2 is 2.00 bits per heavy atom. The summed E-state index contributed by atoms with van der Waals surface area (Å²) in [6.45, 7) is 2.65. The number of amides is 1. The zero-order valence-electron chi connectivity index (χ0n) is 13.5. The molecule has 0 N–H and O–H groups in total. The van der Waals surface area contributed by atoms with Gasteiger partial charge in [-0.2, -0.15) is 0 Å². The fraction of sp³-hybridized carbons (Fsp3) is 0.471. The van der Waals surface area contributed by atoms with E-state index in [-0.39, 0.29) is 11.7 Å². The minimum Gasteiger partial charge on any atom is -0.493 e. The fourth-order valence-electron chi connectivity index (χ4n) is 2.89. The lowest BCUT2D eigenvalue weighted by atomic mass is 9.98. The highest BCUT2D eigenvalue weighted by Gasteiger charge is 2.23. The maximum Gasteiger partial charge on any atom is 0.224 e. The summed E-state index contributed by atoms with van der Waals surface area (Å²) in [5.74, 6) is 0.843. The Morgan fingerprint density at radius 3 is 2.75 bits per heavy atom. The molecule has 0 saturated carbocycles. The fourth-order valence-corrected chi connectivity index (χ4v) is 2.89. The number of hydrogen-bond acceptors (Lipinski definition) is 4. The topological polar surface area (TPSA) is 60.2 Å². The Kier molecular flexibility index (Phi) is 5.40. The largest absolute Gasteiger partial charge is 0.493 e. The van der Waals surface area contributed by atoms with E-state index in [1.54, 1.807) is 29.4 Å². The van der Waals surface area contributed by atoms with Gasteiger partial charge in [0.2, 0.25) is 5.91 Å². The van der Waals surface area contributed by atoms with Crippen molar-refractivity contribution < 1.29 is 13.9 Å². The van der Waals surface area contributed by atoms with Crippen LogP contribution < -0.4 is 4.74 Å². The summed E-state index contributed by atoms with van der Waals surface area (Å²) < 4.78 is 20.4. The summed E-state index contributed by atoms with van der Waals surface area (Å²) in [6, 6.07) is 6.02. The number of likely N-dealkylation sites (tertiary alicyclic amines) is 1. The smallest absolute Gasteiger partial charge is 0.224 e. The van der Waals surface area contributed by atoms with Gasteiger partial charge in [-0.15, -0.1) is 10.2 Å². The van der Waals surface area contributed by atoms with Crippen LogP contribution in [0.3, 0.4) is 0 Å². The minimum atomic E-state index is -0.273. The quantitative estimate of drug-likeness (QED) is 0.813. The Morgan fingerprint density at radius 1 is 1.25 bits per heavy atom. The van der Waals surface area contributed by atoms with Crippen LogP contribution in [0.2, 0.25) is 0 Å². The van der Waals surface area contributed by atoms with Crippen LogP contribution in [0.25, 0.3) is 0 Å². The highest BCUT2D eigenvalue weighted by Crippen LogP contribution is 2.19. The SMILES string of the molecule is O=C(CCn1cnnc1)N1CCC[C@H](COc2ccc(F)cc2)C1. The number of aryl methyl sites for hydroxylation is 1. The van der Waals surface area contributed by atoms with Crippen molar-refractivity contribution in [2.24, 2.45) is 5.92 Å². The molecule has 7 heteroatoms. The summed E-state index contributed by atoms with van der Waals surface area (Å²) in [6.07, 6.45) is 5.70. The van der Waals surface area contributed by atoms with E-state index in [9.17, 15) is 9.18 Å². The highest BCUT2D eigenvalue weighted by atomic mass is 19.1. The van der Waals surface area contributed by atoms with E-state index in [1.165, 1.54) is 12.1 Å². The molecule has 1 saturated heterocycles. The number of halogens is 1. The lowest BCUT2D eigenvalue weighted by Gasteiger charge is -2.32. The van der Waals surface area contributed by atoms with Crippen LogP contribution in [0.5, 0.6) is 5.75 Å². The Bertz CT molecular complexity index is 645. The first-order valence-corrected chi connectivity index (χ1v) is 8.19. The number of carbonyl (C=O) groups excluding carboxylic acids is 1. The molecular weight excluding hydrogens is 311 g/mol. The monoisotopic (exact) mass is 332 g/mol. The summed E-state index contributed by atoms with van der Waals surface area (Å²) in [7, 11) is 0. The third kappa shape index (κ3) is 4.53.